The second-order valence-corrected chi connectivity index (χ2v) is 5.40. The molecule has 0 aromatic heterocycles. The number of hydrogen-bond acceptors (Lipinski definition) is 4. The minimum absolute atomic E-state index is 0. The molecule has 0 unspecified atom stereocenters. The third-order valence-electron chi connectivity index (χ3n) is 3.36. The van der Waals surface area contributed by atoms with Crippen LogP contribution in [0.1, 0.15) is 32.3 Å². The molecule has 156 valence electrons. The van der Waals surface area contributed by atoms with Gasteiger partial charge < -0.3 is 24.8 Å². The van der Waals surface area contributed by atoms with Gasteiger partial charge in [-0.25, -0.2) is 0 Å². The van der Waals surface area contributed by atoms with Gasteiger partial charge >= 0.3 is 6.61 Å². The van der Waals surface area contributed by atoms with E-state index in [1.165, 1.54) is 6.07 Å². The zero-order chi connectivity index (χ0) is 19.2. The van der Waals surface area contributed by atoms with Crippen molar-refractivity contribution in [3.05, 3.63) is 23.8 Å². The third kappa shape index (κ3) is 11.2. The summed E-state index contributed by atoms with van der Waals surface area (Å²) in [7, 11) is 1.65. The Bertz CT molecular complexity index is 549. The number of nitrogens with one attached hydrogen (secondary N) is 2. The van der Waals surface area contributed by atoms with E-state index < -0.39 is 6.61 Å². The summed E-state index contributed by atoms with van der Waals surface area (Å²) in [5.41, 5.74) is 0.589. The SMILES string of the molecule is CCCOc1ccc(CNC(=NC)NCCCOCC)c(OC(F)F)c1.I. The molecule has 0 fully saturated rings. The molecule has 0 aliphatic heterocycles. The normalized spacial score (nSPS) is 11.1. The van der Waals surface area contributed by atoms with E-state index in [1.807, 2.05) is 13.8 Å². The Kier molecular flexibility index (Phi) is 14.9. The highest BCUT2D eigenvalue weighted by molar-refractivity contribution is 14.0. The van der Waals surface area contributed by atoms with Crippen molar-refractivity contribution in [1.82, 2.24) is 10.6 Å². The van der Waals surface area contributed by atoms with Crippen LogP contribution < -0.4 is 20.1 Å². The van der Waals surface area contributed by atoms with Crippen molar-refractivity contribution in [2.45, 2.75) is 39.8 Å². The highest BCUT2D eigenvalue weighted by atomic mass is 127. The number of benzene rings is 1. The molecule has 0 atom stereocenters. The van der Waals surface area contributed by atoms with Crippen molar-refractivity contribution < 1.29 is 23.0 Å². The van der Waals surface area contributed by atoms with Gasteiger partial charge in [-0.05, 0) is 31.9 Å². The molecule has 27 heavy (non-hydrogen) atoms. The van der Waals surface area contributed by atoms with E-state index in [0.29, 0.717) is 50.2 Å². The molecule has 6 nitrogen and oxygen atoms in total. The monoisotopic (exact) mass is 501 g/mol. The van der Waals surface area contributed by atoms with Crippen LogP contribution in [0.5, 0.6) is 11.5 Å². The van der Waals surface area contributed by atoms with Crippen LogP contribution >= 0.6 is 24.0 Å². The van der Waals surface area contributed by atoms with Gasteiger partial charge in [0.25, 0.3) is 0 Å². The molecule has 0 amide bonds. The zero-order valence-electron chi connectivity index (χ0n) is 16.1. The summed E-state index contributed by atoms with van der Waals surface area (Å²) in [5, 5.41) is 6.23. The molecule has 0 radical (unpaired) electrons. The predicted octanol–water partition coefficient (Wildman–Crippen LogP) is 3.79. The first-order valence-electron chi connectivity index (χ1n) is 8.83. The molecular formula is C18H30F2IN3O3. The summed E-state index contributed by atoms with van der Waals surface area (Å²) >= 11 is 0. The maximum atomic E-state index is 12.7. The van der Waals surface area contributed by atoms with Crippen LogP contribution in [-0.2, 0) is 11.3 Å². The molecule has 2 N–H and O–H groups in total. The fraction of sp³-hybridized carbons (Fsp3) is 0.611. The Balaban J connectivity index is 0.00000676. The van der Waals surface area contributed by atoms with Crippen molar-refractivity contribution in [1.29, 1.82) is 0 Å². The summed E-state index contributed by atoms with van der Waals surface area (Å²) in [6.45, 7) is 3.90. The lowest BCUT2D eigenvalue weighted by atomic mass is 10.2. The van der Waals surface area contributed by atoms with Gasteiger partial charge in [0.15, 0.2) is 5.96 Å². The smallest absolute Gasteiger partial charge is 0.387 e. The van der Waals surface area contributed by atoms with E-state index in [4.69, 9.17) is 9.47 Å². The number of hydrogen-bond donors (Lipinski definition) is 2. The fourth-order valence-corrected chi connectivity index (χ4v) is 2.12. The molecule has 0 saturated carbocycles. The highest BCUT2D eigenvalue weighted by Crippen LogP contribution is 2.26. The van der Waals surface area contributed by atoms with Crippen molar-refractivity contribution in [2.75, 3.05) is 33.4 Å². The predicted molar refractivity (Wildman–Crippen MR) is 114 cm³/mol. The summed E-state index contributed by atoms with van der Waals surface area (Å²) in [6.07, 6.45) is 1.68. The first-order valence-corrected chi connectivity index (χ1v) is 8.83. The fourth-order valence-electron chi connectivity index (χ4n) is 2.12. The molecule has 9 heteroatoms. The van der Waals surface area contributed by atoms with Crippen LogP contribution in [-0.4, -0.2) is 46.0 Å². The van der Waals surface area contributed by atoms with Crippen molar-refractivity contribution in [3.8, 4) is 11.5 Å². The summed E-state index contributed by atoms with van der Waals surface area (Å²) in [6, 6.07) is 4.93. The largest absolute Gasteiger partial charge is 0.493 e. The second-order valence-electron chi connectivity index (χ2n) is 5.40. The molecule has 0 bridgehead atoms. The maximum absolute atomic E-state index is 12.7. The third-order valence-corrected chi connectivity index (χ3v) is 3.36. The standard InChI is InChI=1S/C18H29F2N3O3.HI/c1-4-10-25-15-8-7-14(16(12-15)26-17(19)20)13-23-18(21-3)22-9-6-11-24-5-2;/h7-8,12,17H,4-6,9-11,13H2,1-3H3,(H2,21,22,23);1H. The van der Waals surface area contributed by atoms with E-state index in [1.54, 1.807) is 19.2 Å². The number of alkyl halides is 2. The molecule has 1 aromatic carbocycles. The molecule has 1 aromatic rings. The lowest BCUT2D eigenvalue weighted by Crippen LogP contribution is -2.37. The topological polar surface area (TPSA) is 64.1 Å². The first kappa shape index (κ1) is 25.6. The van der Waals surface area contributed by atoms with Gasteiger partial charge in [0.1, 0.15) is 11.5 Å². The van der Waals surface area contributed by atoms with Gasteiger partial charge in [-0.15, -0.1) is 24.0 Å². The van der Waals surface area contributed by atoms with Gasteiger partial charge in [0, 0.05) is 45.0 Å². The number of nitrogens with zero attached hydrogens (tertiary/aromatic N) is 1. The zero-order valence-corrected chi connectivity index (χ0v) is 18.4. The van der Waals surface area contributed by atoms with Gasteiger partial charge in [0.2, 0.25) is 0 Å². The van der Waals surface area contributed by atoms with E-state index in [0.717, 1.165) is 12.8 Å². The van der Waals surface area contributed by atoms with Crippen LogP contribution in [0.15, 0.2) is 23.2 Å². The number of ether oxygens (including phenoxy) is 3. The molecular weight excluding hydrogens is 471 g/mol. The number of guanidine groups is 1. The van der Waals surface area contributed by atoms with Crippen LogP contribution in [0.25, 0.3) is 0 Å². The average molecular weight is 501 g/mol. The minimum atomic E-state index is -2.90. The molecule has 1 rings (SSSR count). The molecule has 0 aliphatic carbocycles. The highest BCUT2D eigenvalue weighted by Gasteiger charge is 2.12. The second kappa shape index (κ2) is 15.7. The Morgan fingerprint density at radius 2 is 1.96 bits per heavy atom. The van der Waals surface area contributed by atoms with Gasteiger partial charge in [-0.3, -0.25) is 4.99 Å². The van der Waals surface area contributed by atoms with Crippen molar-refractivity contribution in [2.24, 2.45) is 4.99 Å². The van der Waals surface area contributed by atoms with Crippen LogP contribution in [0.2, 0.25) is 0 Å². The molecule has 0 spiro atoms. The summed E-state index contributed by atoms with van der Waals surface area (Å²) in [4.78, 5) is 4.11. The summed E-state index contributed by atoms with van der Waals surface area (Å²) in [5.74, 6) is 1.17. The van der Waals surface area contributed by atoms with Gasteiger partial charge in [0.05, 0.1) is 6.61 Å². The van der Waals surface area contributed by atoms with Gasteiger partial charge in [-0.1, -0.05) is 6.92 Å². The maximum Gasteiger partial charge on any atom is 0.387 e. The lowest BCUT2D eigenvalue weighted by Gasteiger charge is -2.16. The number of halogens is 3. The molecule has 0 saturated heterocycles. The number of aliphatic imine (C=N–C) groups is 1. The Morgan fingerprint density at radius 3 is 2.59 bits per heavy atom. The first-order chi connectivity index (χ1) is 12.6. The van der Waals surface area contributed by atoms with E-state index in [2.05, 4.69) is 20.4 Å². The van der Waals surface area contributed by atoms with Crippen LogP contribution in [0, 0.1) is 0 Å². The Labute approximate surface area is 177 Å². The van der Waals surface area contributed by atoms with Crippen molar-refractivity contribution in [3.63, 3.8) is 0 Å². The van der Waals surface area contributed by atoms with Crippen LogP contribution in [0.4, 0.5) is 8.78 Å². The lowest BCUT2D eigenvalue weighted by molar-refractivity contribution is -0.0505. The van der Waals surface area contributed by atoms with E-state index in [-0.39, 0.29) is 29.7 Å². The molecule has 0 aliphatic rings. The Morgan fingerprint density at radius 1 is 1.19 bits per heavy atom. The van der Waals surface area contributed by atoms with E-state index in [9.17, 15) is 8.78 Å². The van der Waals surface area contributed by atoms with Crippen LogP contribution in [0.3, 0.4) is 0 Å². The Hall–Kier alpha value is -1.36. The van der Waals surface area contributed by atoms with E-state index >= 15 is 0 Å². The minimum Gasteiger partial charge on any atom is -0.493 e. The van der Waals surface area contributed by atoms with Crippen molar-refractivity contribution >= 4 is 29.9 Å². The molecule has 0 heterocycles. The average Bonchev–Trinajstić information content (AvgIpc) is 2.63. The number of rotatable bonds is 12. The summed E-state index contributed by atoms with van der Waals surface area (Å²) < 4.78 is 40.7. The quantitative estimate of drug-likeness (QED) is 0.198. The van der Waals surface area contributed by atoms with Gasteiger partial charge in [-0.2, -0.15) is 8.78 Å².